The largest absolute Gasteiger partial charge is 0.385 e. The Labute approximate surface area is 177 Å². The second-order valence-electron chi connectivity index (χ2n) is 8.66. The van der Waals surface area contributed by atoms with Gasteiger partial charge in [0.05, 0.1) is 0 Å². The van der Waals surface area contributed by atoms with Crippen LogP contribution in [0.3, 0.4) is 0 Å². The van der Waals surface area contributed by atoms with E-state index in [0.29, 0.717) is 17.4 Å². The highest BCUT2D eigenvalue weighted by atomic mass is 32.1. The summed E-state index contributed by atoms with van der Waals surface area (Å²) in [5.41, 5.74) is 5.91. The fourth-order valence-electron chi connectivity index (χ4n) is 5.02. The van der Waals surface area contributed by atoms with Gasteiger partial charge in [-0.25, -0.2) is 4.68 Å². The van der Waals surface area contributed by atoms with Gasteiger partial charge in [0.25, 0.3) is 5.56 Å². The Morgan fingerprint density at radius 3 is 2.80 bits per heavy atom. The second-order valence-corrected chi connectivity index (χ2v) is 9.55. The van der Waals surface area contributed by atoms with Crippen LogP contribution < -0.4 is 11.3 Å². The van der Waals surface area contributed by atoms with E-state index in [2.05, 4.69) is 10.00 Å². The average Bonchev–Trinajstić information content (AvgIpc) is 3.24. The lowest BCUT2D eigenvalue weighted by molar-refractivity contribution is -0.124. The van der Waals surface area contributed by atoms with E-state index >= 15 is 0 Å². The van der Waals surface area contributed by atoms with E-state index < -0.39 is 18.1 Å². The Morgan fingerprint density at radius 2 is 2.13 bits per heavy atom. The van der Waals surface area contributed by atoms with Gasteiger partial charge in [-0.05, 0) is 56.7 Å². The fourth-order valence-corrected chi connectivity index (χ4v) is 5.92. The molecule has 0 bridgehead atoms. The highest BCUT2D eigenvalue weighted by Crippen LogP contribution is 2.33. The first-order valence-electron chi connectivity index (χ1n) is 10.7. The molecule has 3 aromatic rings. The van der Waals surface area contributed by atoms with Gasteiger partial charge in [-0.3, -0.25) is 14.0 Å². The van der Waals surface area contributed by atoms with Crippen LogP contribution in [0.5, 0.6) is 0 Å². The van der Waals surface area contributed by atoms with Crippen LogP contribution in [-0.4, -0.2) is 49.2 Å². The minimum atomic E-state index is -0.900. The van der Waals surface area contributed by atoms with Crippen molar-refractivity contribution in [3.05, 3.63) is 33.7 Å². The van der Waals surface area contributed by atoms with Gasteiger partial charge in [0, 0.05) is 23.9 Å². The van der Waals surface area contributed by atoms with Crippen molar-refractivity contribution in [3.63, 3.8) is 0 Å². The van der Waals surface area contributed by atoms with Gasteiger partial charge in [0.15, 0.2) is 5.82 Å². The number of aliphatic hydroxyl groups is 1. The lowest BCUT2D eigenvalue weighted by Gasteiger charge is -2.43. The number of aliphatic hydroxyl groups excluding tert-OH is 1. The third-order valence-electron chi connectivity index (χ3n) is 6.73. The summed E-state index contributed by atoms with van der Waals surface area (Å²) in [6.45, 7) is 3.40. The Kier molecular flexibility index (Phi) is 4.91. The molecule has 1 saturated heterocycles. The first kappa shape index (κ1) is 19.7. The Morgan fingerprint density at radius 1 is 1.33 bits per heavy atom. The van der Waals surface area contributed by atoms with Crippen molar-refractivity contribution in [2.24, 2.45) is 11.7 Å². The monoisotopic (exact) mass is 429 g/mol. The quantitative estimate of drug-likeness (QED) is 0.646. The van der Waals surface area contributed by atoms with E-state index in [1.54, 1.807) is 17.4 Å². The fraction of sp³-hybridized carbons (Fsp3) is 0.571. The maximum Gasteiger partial charge on any atom is 0.291 e. The van der Waals surface area contributed by atoms with Gasteiger partial charge in [-0.2, -0.15) is 5.10 Å². The zero-order valence-electron chi connectivity index (χ0n) is 17.0. The molecular formula is C21H27N5O3S. The van der Waals surface area contributed by atoms with E-state index in [0.717, 1.165) is 36.1 Å². The molecule has 4 heterocycles. The number of rotatable bonds is 5. The van der Waals surface area contributed by atoms with Crippen molar-refractivity contribution < 1.29 is 9.90 Å². The number of nitrogens with zero attached hydrogens (tertiary/aromatic N) is 4. The number of carbonyl (C=O) groups is 1. The molecule has 160 valence electrons. The van der Waals surface area contributed by atoms with Crippen LogP contribution in [-0.2, 0) is 4.79 Å². The molecule has 1 saturated carbocycles. The summed E-state index contributed by atoms with van der Waals surface area (Å²) < 4.78 is 2.96. The zero-order chi connectivity index (χ0) is 21.0. The number of carbonyl (C=O) groups excluding carboxylic acids is 1. The molecule has 30 heavy (non-hydrogen) atoms. The van der Waals surface area contributed by atoms with Crippen LogP contribution in [0.1, 0.15) is 57.0 Å². The third kappa shape index (κ3) is 3.07. The molecule has 1 aliphatic carbocycles. The predicted octanol–water partition coefficient (Wildman–Crippen LogP) is 2.05. The Balaban J connectivity index is 1.62. The summed E-state index contributed by atoms with van der Waals surface area (Å²) in [4.78, 5) is 29.3. The number of fused-ring (bicyclic) bond motifs is 3. The summed E-state index contributed by atoms with van der Waals surface area (Å²) in [5, 5.41) is 17.8. The number of hydrogen-bond donors (Lipinski definition) is 2. The van der Waals surface area contributed by atoms with E-state index in [4.69, 9.17) is 5.73 Å². The number of hydrogen-bond acceptors (Lipinski definition) is 6. The summed E-state index contributed by atoms with van der Waals surface area (Å²) >= 11 is 1.49. The maximum atomic E-state index is 13.4. The van der Waals surface area contributed by atoms with E-state index in [1.807, 2.05) is 11.4 Å². The number of thiophene rings is 1. The number of likely N-dealkylation sites (tertiary alicyclic amines) is 1. The number of aromatic nitrogens is 3. The highest BCUT2D eigenvalue weighted by molar-refractivity contribution is 7.16. The molecule has 0 radical (unpaired) electrons. The van der Waals surface area contributed by atoms with Crippen molar-refractivity contribution in [3.8, 4) is 0 Å². The van der Waals surface area contributed by atoms with Crippen LogP contribution in [0.25, 0.3) is 15.7 Å². The number of piperidine rings is 1. The molecule has 1 aliphatic heterocycles. The third-order valence-corrected chi connectivity index (χ3v) is 7.65. The first-order valence-corrected chi connectivity index (χ1v) is 11.6. The number of primary amides is 1. The molecule has 5 rings (SSSR count). The molecule has 2 fully saturated rings. The summed E-state index contributed by atoms with van der Waals surface area (Å²) in [5.74, 6) is -0.262. The van der Waals surface area contributed by atoms with Crippen molar-refractivity contribution in [2.45, 2.75) is 57.2 Å². The molecule has 2 aliphatic rings. The van der Waals surface area contributed by atoms with E-state index in [9.17, 15) is 14.7 Å². The first-order chi connectivity index (χ1) is 14.5. The number of nitrogens with two attached hydrogens (primary N) is 1. The van der Waals surface area contributed by atoms with Crippen LogP contribution in [0.2, 0.25) is 0 Å². The van der Waals surface area contributed by atoms with E-state index in [-0.39, 0.29) is 11.5 Å². The van der Waals surface area contributed by atoms with Gasteiger partial charge in [-0.1, -0.05) is 6.42 Å². The predicted molar refractivity (Wildman–Crippen MR) is 116 cm³/mol. The normalized spacial score (nSPS) is 22.9. The lowest BCUT2D eigenvalue weighted by atomic mass is 9.85. The van der Waals surface area contributed by atoms with Gasteiger partial charge >= 0.3 is 0 Å². The molecule has 0 spiro atoms. The molecule has 8 nitrogen and oxygen atoms in total. The topological polar surface area (TPSA) is 106 Å². The van der Waals surface area contributed by atoms with Crippen molar-refractivity contribution in [2.75, 3.05) is 13.1 Å². The van der Waals surface area contributed by atoms with Crippen molar-refractivity contribution in [1.82, 2.24) is 19.1 Å². The van der Waals surface area contributed by atoms with Crippen LogP contribution in [0, 0.1) is 5.92 Å². The zero-order valence-corrected chi connectivity index (χ0v) is 17.8. The van der Waals surface area contributed by atoms with Gasteiger partial charge in [0.2, 0.25) is 5.91 Å². The van der Waals surface area contributed by atoms with Crippen LogP contribution in [0.15, 0.2) is 22.3 Å². The molecule has 9 heteroatoms. The molecule has 3 atom stereocenters. The second kappa shape index (κ2) is 7.47. The summed E-state index contributed by atoms with van der Waals surface area (Å²) in [6, 6.07) is 3.50. The lowest BCUT2D eigenvalue weighted by Crippen LogP contribution is -2.50. The molecule has 3 N–H and O–H groups in total. The number of amides is 1. The molecule has 1 amide bonds. The molecule has 3 aromatic heterocycles. The van der Waals surface area contributed by atoms with Crippen molar-refractivity contribution >= 4 is 33.0 Å². The standard InChI is InChI=1S/C21H27N5O3S/c1-12(27)19-23-26(20(29)16-10-13-7-9-30-21(13)25(16)19)17(18(22)28)14-4-3-8-24(11-14)15-5-2-6-15/h7,9-10,12,14-15,17,27H,2-6,8,11H2,1H3,(H2,22,28)/t12?,14-,17?/m1/s1. The van der Waals surface area contributed by atoms with Crippen LogP contribution >= 0.6 is 11.3 Å². The molecule has 0 aromatic carbocycles. The maximum absolute atomic E-state index is 13.4. The SMILES string of the molecule is CC(O)c1nn(C(C(N)=O)[C@@H]2CCCN(C3CCC3)C2)c(=O)c2cc3ccsc3n12. The minimum Gasteiger partial charge on any atom is -0.385 e. The van der Waals surface area contributed by atoms with Gasteiger partial charge < -0.3 is 15.7 Å². The Hall–Kier alpha value is -2.23. The minimum absolute atomic E-state index is 0.0672. The molecule has 2 unspecified atom stereocenters. The molecular weight excluding hydrogens is 402 g/mol. The van der Waals surface area contributed by atoms with Crippen LogP contribution in [0.4, 0.5) is 0 Å². The van der Waals surface area contributed by atoms with Gasteiger partial charge in [-0.15, -0.1) is 11.3 Å². The van der Waals surface area contributed by atoms with Crippen molar-refractivity contribution in [1.29, 1.82) is 0 Å². The summed E-state index contributed by atoms with van der Waals surface area (Å²) in [7, 11) is 0. The Bertz CT molecular complexity index is 1160. The smallest absolute Gasteiger partial charge is 0.291 e. The average molecular weight is 430 g/mol. The highest BCUT2D eigenvalue weighted by Gasteiger charge is 2.37. The van der Waals surface area contributed by atoms with Gasteiger partial charge in [0.1, 0.15) is 22.5 Å². The van der Waals surface area contributed by atoms with E-state index in [1.165, 1.54) is 35.3 Å². The summed E-state index contributed by atoms with van der Waals surface area (Å²) in [6.07, 6.45) is 4.56.